The van der Waals surface area contributed by atoms with Gasteiger partial charge in [-0.2, -0.15) is 0 Å². The Bertz CT molecular complexity index is 746. The summed E-state index contributed by atoms with van der Waals surface area (Å²) in [6, 6.07) is 13.9. The highest BCUT2D eigenvalue weighted by Crippen LogP contribution is 2.34. The van der Waals surface area contributed by atoms with Crippen LogP contribution in [0.2, 0.25) is 0 Å². The molecule has 0 aromatic heterocycles. The Hall–Kier alpha value is -2.86. The summed E-state index contributed by atoms with van der Waals surface area (Å²) in [4.78, 5) is 25.4. The number of anilines is 2. The van der Waals surface area contributed by atoms with Gasteiger partial charge in [0.25, 0.3) is 0 Å². The fourth-order valence-corrected chi connectivity index (χ4v) is 2.72. The minimum absolute atomic E-state index is 0.296. The molecule has 2 aromatic carbocycles. The van der Waals surface area contributed by atoms with Gasteiger partial charge < -0.3 is 21.1 Å². The molecule has 118 valence electrons. The predicted octanol–water partition coefficient (Wildman–Crippen LogP) is 1.11. The van der Waals surface area contributed by atoms with Crippen LogP contribution in [0.4, 0.5) is 11.4 Å². The molecule has 0 spiro atoms. The van der Waals surface area contributed by atoms with Crippen LogP contribution in [0.3, 0.4) is 0 Å². The molecule has 0 saturated heterocycles. The third kappa shape index (κ3) is 2.89. The first-order valence-electron chi connectivity index (χ1n) is 7.26. The van der Waals surface area contributed by atoms with E-state index in [1.54, 1.807) is 18.2 Å². The molecule has 1 unspecified atom stereocenters. The number of carbonyl (C=O) groups excluding carboxylic acids is 2. The minimum Gasteiger partial charge on any atom is -0.394 e. The van der Waals surface area contributed by atoms with Crippen LogP contribution >= 0.6 is 0 Å². The number of nitrogens with zero attached hydrogens (tertiary/aromatic N) is 1. The maximum Gasteiger partial charge on any atom is 0.249 e. The number of nitrogens with two attached hydrogens (primary N) is 1. The summed E-state index contributed by atoms with van der Waals surface area (Å²) in [5.41, 5.74) is 7.90. The molecule has 2 aromatic rings. The monoisotopic (exact) mass is 311 g/mol. The maximum atomic E-state index is 12.2. The summed E-state index contributed by atoms with van der Waals surface area (Å²) in [7, 11) is 0. The summed E-state index contributed by atoms with van der Waals surface area (Å²) in [6.07, 6.45) is 0. The van der Waals surface area contributed by atoms with Crippen molar-refractivity contribution in [1.82, 2.24) is 0 Å². The number of aliphatic hydroxyl groups is 1. The van der Waals surface area contributed by atoms with Crippen molar-refractivity contribution in [3.8, 4) is 0 Å². The normalized spacial score (nSPS) is 16.7. The van der Waals surface area contributed by atoms with Crippen LogP contribution in [0.15, 0.2) is 48.5 Å². The Morgan fingerprint density at radius 2 is 1.96 bits per heavy atom. The van der Waals surface area contributed by atoms with E-state index in [1.807, 2.05) is 35.2 Å². The fourth-order valence-electron chi connectivity index (χ4n) is 2.72. The zero-order chi connectivity index (χ0) is 16.4. The lowest BCUT2D eigenvalue weighted by Crippen LogP contribution is -2.49. The van der Waals surface area contributed by atoms with E-state index in [0.717, 1.165) is 11.3 Å². The summed E-state index contributed by atoms with van der Waals surface area (Å²) in [5, 5.41) is 12.3. The van der Waals surface area contributed by atoms with E-state index >= 15 is 0 Å². The van der Waals surface area contributed by atoms with E-state index in [2.05, 4.69) is 5.32 Å². The van der Waals surface area contributed by atoms with Crippen LogP contribution in [0.1, 0.15) is 15.9 Å². The molecule has 6 heteroatoms. The van der Waals surface area contributed by atoms with Gasteiger partial charge in [-0.1, -0.05) is 30.3 Å². The van der Waals surface area contributed by atoms with Gasteiger partial charge in [0, 0.05) is 12.1 Å². The number of carbonyl (C=O) groups is 2. The summed E-state index contributed by atoms with van der Waals surface area (Å²) in [5.74, 6) is -0.863. The van der Waals surface area contributed by atoms with Gasteiger partial charge in [0.1, 0.15) is 6.04 Å². The first kappa shape index (κ1) is 15.1. The maximum absolute atomic E-state index is 12.2. The Kier molecular flexibility index (Phi) is 3.99. The largest absolute Gasteiger partial charge is 0.394 e. The number of nitrogens with one attached hydrogen (secondary N) is 1. The number of benzene rings is 2. The Labute approximate surface area is 133 Å². The number of amides is 2. The number of primary amides is 1. The molecule has 0 radical (unpaired) electrons. The molecule has 0 bridgehead atoms. The molecule has 1 aliphatic rings. The van der Waals surface area contributed by atoms with Gasteiger partial charge >= 0.3 is 0 Å². The molecule has 0 saturated carbocycles. The van der Waals surface area contributed by atoms with E-state index in [-0.39, 0.29) is 12.5 Å². The van der Waals surface area contributed by atoms with Gasteiger partial charge in [-0.15, -0.1) is 0 Å². The summed E-state index contributed by atoms with van der Waals surface area (Å²) >= 11 is 0. The van der Waals surface area contributed by atoms with Crippen LogP contribution in [-0.4, -0.2) is 29.6 Å². The first-order valence-corrected chi connectivity index (χ1v) is 7.26. The van der Waals surface area contributed by atoms with Crippen molar-refractivity contribution < 1.29 is 14.7 Å². The van der Waals surface area contributed by atoms with Gasteiger partial charge in [0.15, 0.2) is 0 Å². The van der Waals surface area contributed by atoms with Gasteiger partial charge in [0.2, 0.25) is 11.8 Å². The van der Waals surface area contributed by atoms with Crippen molar-refractivity contribution in [3.05, 3.63) is 59.7 Å². The zero-order valence-corrected chi connectivity index (χ0v) is 12.4. The zero-order valence-electron chi connectivity index (χ0n) is 12.4. The highest BCUT2D eigenvalue weighted by Gasteiger charge is 2.32. The quantitative estimate of drug-likeness (QED) is 0.788. The Morgan fingerprint density at radius 1 is 1.22 bits per heavy atom. The lowest BCUT2D eigenvalue weighted by Gasteiger charge is -2.37. The second-order valence-electron chi connectivity index (χ2n) is 5.40. The van der Waals surface area contributed by atoms with Crippen molar-refractivity contribution in [2.45, 2.75) is 12.6 Å². The molecule has 0 fully saturated rings. The number of aliphatic hydroxyl groups excluding tert-OH is 1. The van der Waals surface area contributed by atoms with Crippen LogP contribution in [0, 0.1) is 0 Å². The third-order valence-electron chi connectivity index (χ3n) is 3.90. The summed E-state index contributed by atoms with van der Waals surface area (Å²) < 4.78 is 0. The standard InChI is InChI=1S/C17H17N3O3/c18-16(22)12-6-7-14-13(8-12)19-17(23)15(10-21)20(14)9-11-4-2-1-3-5-11/h1-8,15,21H,9-10H2,(H2,18,22)(H,19,23). The van der Waals surface area contributed by atoms with Gasteiger partial charge in [-0.05, 0) is 23.8 Å². The number of hydrogen-bond acceptors (Lipinski definition) is 4. The number of fused-ring (bicyclic) bond motifs is 1. The van der Waals surface area contributed by atoms with E-state index in [1.165, 1.54) is 0 Å². The molecule has 2 amide bonds. The van der Waals surface area contributed by atoms with Gasteiger partial charge in [0.05, 0.1) is 18.0 Å². The second kappa shape index (κ2) is 6.10. The van der Waals surface area contributed by atoms with E-state index in [0.29, 0.717) is 17.8 Å². The van der Waals surface area contributed by atoms with E-state index in [9.17, 15) is 14.7 Å². The molecule has 1 heterocycles. The van der Waals surface area contributed by atoms with Crippen LogP contribution in [0.25, 0.3) is 0 Å². The molecular formula is C17H17N3O3. The minimum atomic E-state index is -0.679. The average Bonchev–Trinajstić information content (AvgIpc) is 2.55. The highest BCUT2D eigenvalue weighted by atomic mass is 16.3. The molecule has 23 heavy (non-hydrogen) atoms. The third-order valence-corrected chi connectivity index (χ3v) is 3.90. The van der Waals surface area contributed by atoms with Crippen molar-refractivity contribution in [1.29, 1.82) is 0 Å². The average molecular weight is 311 g/mol. The fraction of sp³-hybridized carbons (Fsp3) is 0.176. The van der Waals surface area contributed by atoms with Crippen molar-refractivity contribution in [3.63, 3.8) is 0 Å². The van der Waals surface area contributed by atoms with Gasteiger partial charge in [-0.3, -0.25) is 9.59 Å². The highest BCUT2D eigenvalue weighted by molar-refractivity contribution is 6.05. The number of rotatable bonds is 4. The van der Waals surface area contributed by atoms with Crippen molar-refractivity contribution in [2.24, 2.45) is 5.73 Å². The van der Waals surface area contributed by atoms with Crippen LogP contribution < -0.4 is 16.0 Å². The smallest absolute Gasteiger partial charge is 0.249 e. The molecule has 0 aliphatic carbocycles. The lowest BCUT2D eigenvalue weighted by molar-refractivity contribution is -0.118. The Morgan fingerprint density at radius 3 is 2.61 bits per heavy atom. The molecule has 3 rings (SSSR count). The van der Waals surface area contributed by atoms with E-state index < -0.39 is 11.9 Å². The van der Waals surface area contributed by atoms with Crippen LogP contribution in [0.5, 0.6) is 0 Å². The van der Waals surface area contributed by atoms with Crippen molar-refractivity contribution in [2.75, 3.05) is 16.8 Å². The first-order chi connectivity index (χ1) is 11.1. The van der Waals surface area contributed by atoms with Crippen molar-refractivity contribution >= 4 is 23.2 Å². The van der Waals surface area contributed by atoms with E-state index in [4.69, 9.17) is 5.73 Å². The predicted molar refractivity (Wildman–Crippen MR) is 87.1 cm³/mol. The Balaban J connectivity index is 2.02. The molecule has 6 nitrogen and oxygen atoms in total. The summed E-state index contributed by atoms with van der Waals surface area (Å²) in [6.45, 7) is 0.179. The molecule has 1 atom stereocenters. The van der Waals surface area contributed by atoms with Crippen LogP contribution in [-0.2, 0) is 11.3 Å². The lowest BCUT2D eigenvalue weighted by atomic mass is 10.0. The second-order valence-corrected chi connectivity index (χ2v) is 5.40. The SMILES string of the molecule is NC(=O)c1ccc2c(c1)NC(=O)C(CO)N2Cc1ccccc1. The molecule has 4 N–H and O–H groups in total. The van der Waals surface area contributed by atoms with Gasteiger partial charge in [-0.25, -0.2) is 0 Å². The topological polar surface area (TPSA) is 95.7 Å². The molecular weight excluding hydrogens is 294 g/mol. The molecule has 1 aliphatic heterocycles. The number of hydrogen-bond donors (Lipinski definition) is 3.